The summed E-state index contributed by atoms with van der Waals surface area (Å²) in [5, 5.41) is 0. The van der Waals surface area contributed by atoms with Gasteiger partial charge in [0, 0.05) is 19.4 Å². The smallest absolute Gasteiger partial charge is 0.344 e. The van der Waals surface area contributed by atoms with Gasteiger partial charge in [0.05, 0.1) is 0 Å². The van der Waals surface area contributed by atoms with E-state index in [0.29, 0.717) is 12.6 Å². The van der Waals surface area contributed by atoms with Gasteiger partial charge in [-0.05, 0) is 18.1 Å². The second-order valence-electron chi connectivity index (χ2n) is 6.21. The summed E-state index contributed by atoms with van der Waals surface area (Å²) in [4.78, 5) is 0. The molecule has 0 aliphatic carbocycles. The summed E-state index contributed by atoms with van der Waals surface area (Å²) in [5.74, 6) is 0. The largest absolute Gasteiger partial charge is 0.388 e. The van der Waals surface area contributed by atoms with Crippen LogP contribution in [0.4, 0.5) is 26.3 Å². The third-order valence-electron chi connectivity index (χ3n) is 3.71. The summed E-state index contributed by atoms with van der Waals surface area (Å²) in [5.41, 5.74) is 0. The lowest BCUT2D eigenvalue weighted by atomic mass is 10.5. The molecule has 136 valence electrons. The molecule has 9 heteroatoms. The normalized spacial score (nSPS) is 13.7. The van der Waals surface area contributed by atoms with Gasteiger partial charge in [0.1, 0.15) is 17.2 Å². The van der Waals surface area contributed by atoms with Gasteiger partial charge in [0.25, 0.3) is 0 Å². The minimum Gasteiger partial charge on any atom is -0.344 e. The molecule has 0 aliphatic rings. The highest BCUT2D eigenvalue weighted by molar-refractivity contribution is 6.84. The van der Waals surface area contributed by atoms with E-state index >= 15 is 0 Å². The lowest BCUT2D eigenvalue weighted by Crippen LogP contribution is -2.56. The molecule has 0 saturated carbocycles. The Bertz CT molecular complexity index is 360. The summed E-state index contributed by atoms with van der Waals surface area (Å²) in [6.07, 6.45) is -7.46. The molecule has 0 aromatic rings. The SMILES string of the molecule is C=CCN([SiH](CCC(F)(F)F)CCC(F)(F)F)[Si](C)(C)CC=C. The van der Waals surface area contributed by atoms with E-state index in [1.165, 1.54) is 0 Å². The minimum atomic E-state index is -4.34. The van der Waals surface area contributed by atoms with Crippen molar-refractivity contribution in [1.29, 1.82) is 0 Å². The van der Waals surface area contributed by atoms with Crippen molar-refractivity contribution in [3.63, 3.8) is 0 Å². The summed E-state index contributed by atoms with van der Waals surface area (Å²) >= 11 is 0. The monoisotopic (exact) mass is 377 g/mol. The maximum Gasteiger partial charge on any atom is 0.388 e. The third-order valence-corrected chi connectivity index (χ3v) is 12.9. The molecule has 0 bridgehead atoms. The van der Waals surface area contributed by atoms with Gasteiger partial charge in [-0.25, -0.2) is 0 Å². The predicted molar refractivity (Wildman–Crippen MR) is 87.5 cm³/mol. The molecule has 0 heterocycles. The summed E-state index contributed by atoms with van der Waals surface area (Å²) < 4.78 is 77.2. The molecule has 0 atom stereocenters. The van der Waals surface area contributed by atoms with E-state index in [1.807, 2.05) is 17.3 Å². The first-order chi connectivity index (χ1) is 10.3. The van der Waals surface area contributed by atoms with E-state index in [2.05, 4.69) is 13.2 Å². The van der Waals surface area contributed by atoms with Gasteiger partial charge >= 0.3 is 12.4 Å². The van der Waals surface area contributed by atoms with Crippen molar-refractivity contribution >= 4 is 17.2 Å². The van der Waals surface area contributed by atoms with Crippen LogP contribution in [0.2, 0.25) is 31.2 Å². The highest BCUT2D eigenvalue weighted by Gasteiger charge is 2.38. The Morgan fingerprint density at radius 1 is 0.913 bits per heavy atom. The summed E-state index contributed by atoms with van der Waals surface area (Å²) in [6, 6.07) is 0.240. The van der Waals surface area contributed by atoms with E-state index in [4.69, 9.17) is 0 Å². The maximum atomic E-state index is 12.5. The Kier molecular flexibility index (Phi) is 8.86. The second-order valence-corrected chi connectivity index (χ2v) is 14.4. The van der Waals surface area contributed by atoms with Crippen LogP contribution in [-0.2, 0) is 0 Å². The summed E-state index contributed by atoms with van der Waals surface area (Å²) in [7, 11) is -4.52. The predicted octanol–water partition coefficient (Wildman–Crippen LogP) is 5.49. The average molecular weight is 378 g/mol. The van der Waals surface area contributed by atoms with Crippen molar-refractivity contribution in [2.24, 2.45) is 0 Å². The zero-order valence-electron chi connectivity index (χ0n) is 13.6. The molecule has 0 aromatic heterocycles. The van der Waals surface area contributed by atoms with Gasteiger partial charge in [-0.2, -0.15) is 26.3 Å². The molecule has 0 aromatic carbocycles. The second kappa shape index (κ2) is 9.07. The minimum absolute atomic E-state index is 0.193. The molecule has 1 nitrogen and oxygen atoms in total. The van der Waals surface area contributed by atoms with Gasteiger partial charge in [0.15, 0.2) is 0 Å². The molecule has 0 spiro atoms. The zero-order valence-corrected chi connectivity index (χ0v) is 15.8. The van der Waals surface area contributed by atoms with Crippen LogP contribution in [0.15, 0.2) is 25.3 Å². The average Bonchev–Trinajstić information content (AvgIpc) is 2.34. The Labute approximate surface area is 136 Å². The number of allylic oxidation sites excluding steroid dienone is 1. The standard InChI is InChI=1S/C14H25F6NSi2/c1-5-9-21(23(3,4)12-6-2)22(10-7-13(15,16)17)11-8-14(18,19)20/h5-6,22H,1-2,7-12H2,3-4H3. The third kappa shape index (κ3) is 10.0. The van der Waals surface area contributed by atoms with Crippen molar-refractivity contribution in [2.45, 2.75) is 56.4 Å². The number of alkyl halides is 6. The summed E-state index contributed by atoms with van der Waals surface area (Å²) in [6.45, 7) is 11.5. The van der Waals surface area contributed by atoms with Crippen LogP contribution in [0.5, 0.6) is 0 Å². The highest BCUT2D eigenvalue weighted by Crippen LogP contribution is 2.31. The first kappa shape index (κ1) is 22.5. The molecule has 23 heavy (non-hydrogen) atoms. The number of hydrogen-bond acceptors (Lipinski definition) is 1. The molecule has 0 radical (unpaired) electrons. The van der Waals surface area contributed by atoms with E-state index in [9.17, 15) is 26.3 Å². The molecule has 0 fully saturated rings. The van der Waals surface area contributed by atoms with Crippen molar-refractivity contribution < 1.29 is 26.3 Å². The van der Waals surface area contributed by atoms with Crippen LogP contribution in [0.3, 0.4) is 0 Å². The van der Waals surface area contributed by atoms with Gasteiger partial charge in [-0.15, -0.1) is 13.2 Å². The Hall–Kier alpha value is -0.546. The molecular formula is C14H25F6NSi2. The van der Waals surface area contributed by atoms with Crippen LogP contribution in [-0.4, -0.2) is 40.3 Å². The molecule has 0 aliphatic heterocycles. The Morgan fingerprint density at radius 2 is 1.35 bits per heavy atom. The van der Waals surface area contributed by atoms with Gasteiger partial charge < -0.3 is 4.23 Å². The fraction of sp³-hybridized carbons (Fsp3) is 0.714. The molecular weight excluding hydrogens is 352 g/mol. The van der Waals surface area contributed by atoms with E-state index in [0.717, 1.165) is 0 Å². The molecule has 0 amide bonds. The Morgan fingerprint density at radius 3 is 1.65 bits per heavy atom. The van der Waals surface area contributed by atoms with Crippen molar-refractivity contribution in [3.05, 3.63) is 25.3 Å². The van der Waals surface area contributed by atoms with Crippen LogP contribution in [0.25, 0.3) is 0 Å². The van der Waals surface area contributed by atoms with Crippen LogP contribution in [0.1, 0.15) is 12.8 Å². The maximum absolute atomic E-state index is 12.5. The lowest BCUT2D eigenvalue weighted by molar-refractivity contribution is -0.131. The molecule has 0 rings (SSSR count). The molecule has 0 unspecified atom stereocenters. The lowest BCUT2D eigenvalue weighted by Gasteiger charge is -2.42. The van der Waals surface area contributed by atoms with Crippen LogP contribution >= 0.6 is 0 Å². The van der Waals surface area contributed by atoms with Crippen molar-refractivity contribution in [1.82, 2.24) is 4.23 Å². The van der Waals surface area contributed by atoms with Gasteiger partial charge in [-0.1, -0.05) is 25.2 Å². The first-order valence-corrected chi connectivity index (χ1v) is 12.7. The van der Waals surface area contributed by atoms with E-state index in [-0.39, 0.29) is 12.1 Å². The van der Waals surface area contributed by atoms with Crippen LogP contribution < -0.4 is 0 Å². The van der Waals surface area contributed by atoms with E-state index in [1.54, 1.807) is 12.2 Å². The molecule has 0 N–H and O–H groups in total. The number of nitrogens with zero attached hydrogens (tertiary/aromatic N) is 1. The number of rotatable bonds is 10. The fourth-order valence-corrected chi connectivity index (χ4v) is 11.9. The molecule has 0 saturated heterocycles. The highest BCUT2D eigenvalue weighted by atomic mass is 28.4. The first-order valence-electron chi connectivity index (χ1n) is 7.44. The van der Waals surface area contributed by atoms with Gasteiger partial charge in [-0.3, -0.25) is 0 Å². The van der Waals surface area contributed by atoms with Crippen molar-refractivity contribution in [3.8, 4) is 0 Å². The van der Waals surface area contributed by atoms with E-state index < -0.39 is 42.4 Å². The number of hydrogen-bond donors (Lipinski definition) is 0. The topological polar surface area (TPSA) is 3.24 Å². The Balaban J connectivity index is 5.27. The van der Waals surface area contributed by atoms with Gasteiger partial charge in [0.2, 0.25) is 0 Å². The number of halogens is 6. The van der Waals surface area contributed by atoms with Crippen LogP contribution in [0, 0.1) is 0 Å². The van der Waals surface area contributed by atoms with Crippen molar-refractivity contribution in [2.75, 3.05) is 6.54 Å². The fourth-order valence-electron chi connectivity index (χ4n) is 2.62. The quantitative estimate of drug-likeness (QED) is 0.276. The zero-order chi connectivity index (χ0) is 18.3.